The first-order valence-corrected chi connectivity index (χ1v) is 6.61. The third-order valence-corrected chi connectivity index (χ3v) is 3.94. The van der Waals surface area contributed by atoms with Gasteiger partial charge >= 0.3 is 0 Å². The van der Waals surface area contributed by atoms with Gasteiger partial charge in [0.25, 0.3) is 0 Å². The summed E-state index contributed by atoms with van der Waals surface area (Å²) in [5.41, 5.74) is 6.65. The number of hydrogen-bond donors (Lipinski definition) is 1. The molecule has 1 aromatic heterocycles. The first-order chi connectivity index (χ1) is 9.24. The van der Waals surface area contributed by atoms with Crippen LogP contribution in [0.15, 0.2) is 64.6 Å². The Labute approximate surface area is 114 Å². The summed E-state index contributed by atoms with van der Waals surface area (Å²) < 4.78 is 12.9. The fourth-order valence-electron chi connectivity index (χ4n) is 1.90. The largest absolute Gasteiger partial charge is 0.398 e. The minimum Gasteiger partial charge on any atom is -0.398 e. The van der Waals surface area contributed by atoms with Crippen molar-refractivity contribution in [2.45, 2.75) is 9.79 Å². The maximum absolute atomic E-state index is 12.9. The molecule has 0 saturated heterocycles. The molecule has 3 rings (SSSR count). The van der Waals surface area contributed by atoms with E-state index < -0.39 is 0 Å². The molecule has 2 nitrogen and oxygen atoms in total. The Hall–Kier alpha value is -2.07. The van der Waals surface area contributed by atoms with Crippen LogP contribution >= 0.6 is 11.8 Å². The van der Waals surface area contributed by atoms with E-state index in [4.69, 9.17) is 5.73 Å². The maximum Gasteiger partial charge on any atom is 0.123 e. The molecule has 0 spiro atoms. The Morgan fingerprint density at radius 3 is 2.53 bits per heavy atom. The third-order valence-electron chi connectivity index (χ3n) is 2.85. The van der Waals surface area contributed by atoms with Gasteiger partial charge < -0.3 is 5.73 Å². The molecule has 94 valence electrons. The molecule has 0 radical (unpaired) electrons. The summed E-state index contributed by atoms with van der Waals surface area (Å²) in [6, 6.07) is 12.2. The zero-order chi connectivity index (χ0) is 13.2. The number of halogens is 1. The van der Waals surface area contributed by atoms with Gasteiger partial charge in [-0.1, -0.05) is 11.8 Å². The van der Waals surface area contributed by atoms with Crippen molar-refractivity contribution in [1.29, 1.82) is 0 Å². The molecule has 4 heteroatoms. The molecule has 0 saturated carbocycles. The van der Waals surface area contributed by atoms with Crippen LogP contribution in [0.25, 0.3) is 10.8 Å². The third kappa shape index (κ3) is 2.39. The first kappa shape index (κ1) is 12.0. The molecule has 1 heterocycles. The second-order valence-corrected chi connectivity index (χ2v) is 5.25. The van der Waals surface area contributed by atoms with E-state index in [1.165, 1.54) is 12.1 Å². The number of nitrogens with two attached hydrogens (primary N) is 1. The highest BCUT2D eigenvalue weighted by Crippen LogP contribution is 2.35. The molecule has 2 N–H and O–H groups in total. The fourth-order valence-corrected chi connectivity index (χ4v) is 2.85. The van der Waals surface area contributed by atoms with Crippen LogP contribution in [-0.4, -0.2) is 4.98 Å². The minimum absolute atomic E-state index is 0.226. The SMILES string of the molecule is Nc1ccc(Sc2ccc(F)cc2)c2ccncc12. The Bertz CT molecular complexity index is 726. The number of nitrogens with zero attached hydrogens (tertiary/aromatic N) is 1. The lowest BCUT2D eigenvalue weighted by molar-refractivity contribution is 0.626. The van der Waals surface area contributed by atoms with Crippen molar-refractivity contribution in [2.75, 3.05) is 5.73 Å². The van der Waals surface area contributed by atoms with Gasteiger partial charge in [-0.2, -0.15) is 0 Å². The maximum atomic E-state index is 12.9. The van der Waals surface area contributed by atoms with Gasteiger partial charge in [-0.15, -0.1) is 0 Å². The number of rotatable bonds is 2. The van der Waals surface area contributed by atoms with Crippen LogP contribution in [0.1, 0.15) is 0 Å². The molecule has 0 aliphatic rings. The van der Waals surface area contributed by atoms with Gasteiger partial charge in [0.15, 0.2) is 0 Å². The second-order valence-electron chi connectivity index (χ2n) is 4.13. The smallest absolute Gasteiger partial charge is 0.123 e. The van der Waals surface area contributed by atoms with Gasteiger partial charge in [-0.05, 0) is 42.5 Å². The normalized spacial score (nSPS) is 10.8. The van der Waals surface area contributed by atoms with Crippen molar-refractivity contribution in [1.82, 2.24) is 4.98 Å². The molecule has 0 unspecified atom stereocenters. The Morgan fingerprint density at radius 1 is 0.947 bits per heavy atom. The zero-order valence-electron chi connectivity index (χ0n) is 10.0. The number of fused-ring (bicyclic) bond motifs is 1. The van der Waals surface area contributed by atoms with E-state index in [2.05, 4.69) is 4.98 Å². The second kappa shape index (κ2) is 4.90. The van der Waals surface area contributed by atoms with E-state index in [1.807, 2.05) is 18.2 Å². The summed E-state index contributed by atoms with van der Waals surface area (Å²) in [5, 5.41) is 2.00. The molecule has 3 aromatic rings. The molecule has 0 aliphatic carbocycles. The van der Waals surface area contributed by atoms with Crippen molar-refractivity contribution < 1.29 is 4.39 Å². The molecule has 0 atom stereocenters. The zero-order valence-corrected chi connectivity index (χ0v) is 10.8. The van der Waals surface area contributed by atoms with Crippen LogP contribution in [0.2, 0.25) is 0 Å². The Morgan fingerprint density at radius 2 is 1.74 bits per heavy atom. The van der Waals surface area contributed by atoms with Crippen molar-refractivity contribution >= 4 is 28.2 Å². The summed E-state index contributed by atoms with van der Waals surface area (Å²) in [7, 11) is 0. The van der Waals surface area contributed by atoms with E-state index in [1.54, 1.807) is 36.3 Å². The lowest BCUT2D eigenvalue weighted by Gasteiger charge is -2.08. The molecule has 19 heavy (non-hydrogen) atoms. The van der Waals surface area contributed by atoms with Gasteiger partial charge in [-0.25, -0.2) is 4.39 Å². The predicted octanol–water partition coefficient (Wildman–Crippen LogP) is 4.11. The highest BCUT2D eigenvalue weighted by Gasteiger charge is 2.05. The molecule has 0 bridgehead atoms. The lowest BCUT2D eigenvalue weighted by Crippen LogP contribution is -1.89. The first-order valence-electron chi connectivity index (χ1n) is 5.80. The van der Waals surface area contributed by atoms with Gasteiger partial charge in [-0.3, -0.25) is 4.98 Å². The highest BCUT2D eigenvalue weighted by atomic mass is 32.2. The van der Waals surface area contributed by atoms with Crippen LogP contribution in [-0.2, 0) is 0 Å². The number of pyridine rings is 1. The molecule has 0 fully saturated rings. The average molecular weight is 270 g/mol. The van der Waals surface area contributed by atoms with Crippen LogP contribution < -0.4 is 5.73 Å². The highest BCUT2D eigenvalue weighted by molar-refractivity contribution is 7.99. The van der Waals surface area contributed by atoms with Crippen LogP contribution in [0.5, 0.6) is 0 Å². The minimum atomic E-state index is -0.226. The van der Waals surface area contributed by atoms with E-state index >= 15 is 0 Å². The van der Waals surface area contributed by atoms with Gasteiger partial charge in [0.1, 0.15) is 5.82 Å². The van der Waals surface area contributed by atoms with E-state index in [9.17, 15) is 4.39 Å². The molecular weight excluding hydrogens is 259 g/mol. The monoisotopic (exact) mass is 270 g/mol. The average Bonchev–Trinajstić information content (AvgIpc) is 2.45. The number of anilines is 1. The fraction of sp³-hybridized carbons (Fsp3) is 0. The Kier molecular flexibility index (Phi) is 3.09. The Balaban J connectivity index is 2.06. The topological polar surface area (TPSA) is 38.9 Å². The summed E-state index contributed by atoms with van der Waals surface area (Å²) in [6.45, 7) is 0. The van der Waals surface area contributed by atoms with Crippen LogP contribution in [0, 0.1) is 5.82 Å². The van der Waals surface area contributed by atoms with Crippen molar-refractivity contribution in [3.05, 3.63) is 60.7 Å². The van der Waals surface area contributed by atoms with Crippen LogP contribution in [0.3, 0.4) is 0 Å². The predicted molar refractivity (Wildman–Crippen MR) is 76.7 cm³/mol. The molecule has 0 aliphatic heterocycles. The lowest BCUT2D eigenvalue weighted by atomic mass is 10.1. The summed E-state index contributed by atoms with van der Waals surface area (Å²) in [4.78, 5) is 6.17. The molecule has 0 amide bonds. The number of benzene rings is 2. The van der Waals surface area contributed by atoms with Gasteiger partial charge in [0.2, 0.25) is 0 Å². The van der Waals surface area contributed by atoms with Crippen molar-refractivity contribution in [3.8, 4) is 0 Å². The number of hydrogen-bond acceptors (Lipinski definition) is 3. The summed E-state index contributed by atoms with van der Waals surface area (Å²) >= 11 is 1.58. The van der Waals surface area contributed by atoms with E-state index in [0.717, 1.165) is 20.6 Å². The summed E-state index contributed by atoms with van der Waals surface area (Å²) in [6.07, 6.45) is 3.51. The van der Waals surface area contributed by atoms with E-state index in [0.29, 0.717) is 5.69 Å². The number of aromatic nitrogens is 1. The summed E-state index contributed by atoms with van der Waals surface area (Å²) in [5.74, 6) is -0.226. The van der Waals surface area contributed by atoms with Gasteiger partial charge in [0, 0.05) is 38.6 Å². The molecule has 2 aromatic carbocycles. The van der Waals surface area contributed by atoms with Crippen molar-refractivity contribution in [2.24, 2.45) is 0 Å². The molecular formula is C15H11FN2S. The number of nitrogen functional groups attached to an aromatic ring is 1. The van der Waals surface area contributed by atoms with E-state index in [-0.39, 0.29) is 5.82 Å². The van der Waals surface area contributed by atoms with Gasteiger partial charge in [0.05, 0.1) is 0 Å². The standard InChI is InChI=1S/C15H11FN2S/c16-10-1-3-11(4-2-10)19-15-6-5-14(17)13-9-18-8-7-12(13)15/h1-9H,17H2. The van der Waals surface area contributed by atoms with Crippen molar-refractivity contribution in [3.63, 3.8) is 0 Å². The van der Waals surface area contributed by atoms with Crippen LogP contribution in [0.4, 0.5) is 10.1 Å². The quantitative estimate of drug-likeness (QED) is 0.712.